The van der Waals surface area contributed by atoms with E-state index in [1.807, 2.05) is 38.1 Å². The first-order chi connectivity index (χ1) is 10.1. The van der Waals surface area contributed by atoms with Gasteiger partial charge in [-0.15, -0.1) is 0 Å². The first-order valence-corrected chi connectivity index (χ1v) is 6.86. The highest BCUT2D eigenvalue weighted by molar-refractivity contribution is 5.89. The highest BCUT2D eigenvalue weighted by atomic mass is 16.5. The van der Waals surface area contributed by atoms with Crippen LogP contribution in [0.4, 0.5) is 11.4 Å². The lowest BCUT2D eigenvalue weighted by Gasteiger charge is -2.15. The van der Waals surface area contributed by atoms with Crippen molar-refractivity contribution in [2.24, 2.45) is 0 Å². The predicted molar refractivity (Wildman–Crippen MR) is 84.5 cm³/mol. The van der Waals surface area contributed by atoms with Gasteiger partial charge in [-0.05, 0) is 38.5 Å². The normalized spacial score (nSPS) is 10.9. The number of benzene rings is 1. The highest BCUT2D eigenvalue weighted by Crippen LogP contribution is 2.34. The minimum absolute atomic E-state index is 0.775. The Morgan fingerprint density at radius 3 is 2.71 bits per heavy atom. The largest absolute Gasteiger partial charge is 0.496 e. The van der Waals surface area contributed by atoms with Gasteiger partial charge < -0.3 is 14.5 Å². The Morgan fingerprint density at radius 2 is 1.95 bits per heavy atom. The van der Waals surface area contributed by atoms with Gasteiger partial charge in [-0.2, -0.15) is 0 Å². The van der Waals surface area contributed by atoms with E-state index in [1.54, 1.807) is 13.3 Å². The summed E-state index contributed by atoms with van der Waals surface area (Å²) < 4.78 is 11.1. The summed E-state index contributed by atoms with van der Waals surface area (Å²) in [5, 5.41) is 3.46. The van der Waals surface area contributed by atoms with Gasteiger partial charge in [0.2, 0.25) is 0 Å². The van der Waals surface area contributed by atoms with Crippen LogP contribution in [0.5, 0.6) is 5.75 Å². The number of anilines is 2. The van der Waals surface area contributed by atoms with Crippen LogP contribution in [-0.4, -0.2) is 12.1 Å². The molecule has 3 rings (SSSR count). The fourth-order valence-electron chi connectivity index (χ4n) is 2.53. The minimum atomic E-state index is 0.775. The molecule has 2 heterocycles. The van der Waals surface area contributed by atoms with E-state index in [0.29, 0.717) is 0 Å². The van der Waals surface area contributed by atoms with E-state index in [0.717, 1.165) is 45.1 Å². The SMILES string of the molecule is COc1ccc(C)c(Nc2ccnc3cc(C)oc23)c1C. The lowest BCUT2D eigenvalue weighted by atomic mass is 10.1. The highest BCUT2D eigenvalue weighted by Gasteiger charge is 2.12. The first kappa shape index (κ1) is 13.5. The summed E-state index contributed by atoms with van der Waals surface area (Å²) in [5.74, 6) is 1.72. The van der Waals surface area contributed by atoms with Gasteiger partial charge in [0, 0.05) is 23.5 Å². The molecule has 4 nitrogen and oxygen atoms in total. The molecule has 21 heavy (non-hydrogen) atoms. The van der Waals surface area contributed by atoms with Gasteiger partial charge in [0.1, 0.15) is 17.0 Å². The van der Waals surface area contributed by atoms with Gasteiger partial charge in [0.05, 0.1) is 12.8 Å². The Morgan fingerprint density at radius 1 is 1.14 bits per heavy atom. The van der Waals surface area contributed by atoms with E-state index >= 15 is 0 Å². The molecule has 0 atom stereocenters. The molecule has 0 aliphatic rings. The summed E-state index contributed by atoms with van der Waals surface area (Å²) in [6.45, 7) is 6.04. The third kappa shape index (κ3) is 2.33. The van der Waals surface area contributed by atoms with Gasteiger partial charge in [-0.25, -0.2) is 0 Å². The smallest absolute Gasteiger partial charge is 0.176 e. The van der Waals surface area contributed by atoms with Crippen LogP contribution in [0, 0.1) is 20.8 Å². The monoisotopic (exact) mass is 282 g/mol. The number of methoxy groups -OCH3 is 1. The molecule has 0 bridgehead atoms. The Kier molecular flexibility index (Phi) is 3.29. The fraction of sp³-hybridized carbons (Fsp3) is 0.235. The number of hydrogen-bond acceptors (Lipinski definition) is 4. The van der Waals surface area contributed by atoms with Crippen LogP contribution in [0.1, 0.15) is 16.9 Å². The van der Waals surface area contributed by atoms with Gasteiger partial charge in [-0.3, -0.25) is 4.98 Å². The van der Waals surface area contributed by atoms with Gasteiger partial charge in [0.25, 0.3) is 0 Å². The third-order valence-corrected chi connectivity index (χ3v) is 3.64. The van der Waals surface area contributed by atoms with Crippen molar-refractivity contribution >= 4 is 22.5 Å². The fourth-order valence-corrected chi connectivity index (χ4v) is 2.53. The quantitative estimate of drug-likeness (QED) is 0.768. The molecule has 1 aromatic carbocycles. The molecule has 0 unspecified atom stereocenters. The topological polar surface area (TPSA) is 47.3 Å². The Hall–Kier alpha value is -2.49. The van der Waals surface area contributed by atoms with Crippen molar-refractivity contribution < 1.29 is 9.15 Å². The molecule has 0 amide bonds. The molecular formula is C17H18N2O2. The van der Waals surface area contributed by atoms with Crippen molar-refractivity contribution in [1.29, 1.82) is 0 Å². The Balaban J connectivity index is 2.10. The van der Waals surface area contributed by atoms with Gasteiger partial charge in [-0.1, -0.05) is 6.07 Å². The summed E-state index contributed by atoms with van der Waals surface area (Å²) in [5.41, 5.74) is 5.81. The van der Waals surface area contributed by atoms with Crippen LogP contribution < -0.4 is 10.1 Å². The standard InChI is InChI=1S/C17H18N2O2/c1-10-5-6-15(20-4)12(3)16(10)19-13-7-8-18-14-9-11(2)21-17(13)14/h5-9H,1-4H3,(H,18,19). The number of aryl methyl sites for hydroxylation is 2. The zero-order chi connectivity index (χ0) is 15.0. The molecule has 108 valence electrons. The molecule has 0 aliphatic heterocycles. The summed E-state index contributed by atoms with van der Waals surface area (Å²) in [6, 6.07) is 7.88. The van der Waals surface area contributed by atoms with E-state index < -0.39 is 0 Å². The van der Waals surface area contributed by atoms with Crippen LogP contribution in [0.2, 0.25) is 0 Å². The zero-order valence-corrected chi connectivity index (χ0v) is 12.7. The van der Waals surface area contributed by atoms with Crippen LogP contribution in [0.3, 0.4) is 0 Å². The molecular weight excluding hydrogens is 264 g/mol. The average Bonchev–Trinajstić information content (AvgIpc) is 2.84. The zero-order valence-electron chi connectivity index (χ0n) is 12.7. The number of nitrogens with one attached hydrogen (secondary N) is 1. The molecule has 1 N–H and O–H groups in total. The van der Waals surface area contributed by atoms with Crippen molar-refractivity contribution in [3.8, 4) is 5.75 Å². The second-order valence-electron chi connectivity index (χ2n) is 5.14. The van der Waals surface area contributed by atoms with E-state index in [-0.39, 0.29) is 0 Å². The summed E-state index contributed by atoms with van der Waals surface area (Å²) in [7, 11) is 1.68. The van der Waals surface area contributed by atoms with Crippen molar-refractivity contribution in [2.45, 2.75) is 20.8 Å². The second kappa shape index (κ2) is 5.13. The lowest BCUT2D eigenvalue weighted by molar-refractivity contribution is 0.412. The third-order valence-electron chi connectivity index (χ3n) is 3.64. The first-order valence-electron chi connectivity index (χ1n) is 6.86. The van der Waals surface area contributed by atoms with E-state index in [1.165, 1.54) is 0 Å². The average molecular weight is 282 g/mol. The van der Waals surface area contributed by atoms with Gasteiger partial charge >= 0.3 is 0 Å². The van der Waals surface area contributed by atoms with E-state index in [4.69, 9.17) is 9.15 Å². The van der Waals surface area contributed by atoms with Crippen LogP contribution >= 0.6 is 0 Å². The molecule has 2 aromatic heterocycles. The Labute approximate surface area is 123 Å². The molecule has 0 saturated carbocycles. The summed E-state index contributed by atoms with van der Waals surface area (Å²) in [4.78, 5) is 4.32. The van der Waals surface area contributed by atoms with Crippen molar-refractivity contribution in [3.63, 3.8) is 0 Å². The van der Waals surface area contributed by atoms with Crippen LogP contribution in [-0.2, 0) is 0 Å². The number of furan rings is 1. The number of pyridine rings is 1. The van der Waals surface area contributed by atoms with Gasteiger partial charge in [0.15, 0.2) is 5.58 Å². The minimum Gasteiger partial charge on any atom is -0.496 e. The molecule has 0 fully saturated rings. The van der Waals surface area contributed by atoms with E-state index in [9.17, 15) is 0 Å². The predicted octanol–water partition coefficient (Wildman–Crippen LogP) is 4.51. The molecule has 0 spiro atoms. The van der Waals surface area contributed by atoms with Crippen LogP contribution in [0.15, 0.2) is 34.9 Å². The van der Waals surface area contributed by atoms with E-state index in [2.05, 4.69) is 17.2 Å². The van der Waals surface area contributed by atoms with Crippen molar-refractivity contribution in [1.82, 2.24) is 4.98 Å². The molecule has 0 radical (unpaired) electrons. The molecule has 4 heteroatoms. The summed E-state index contributed by atoms with van der Waals surface area (Å²) in [6.07, 6.45) is 1.78. The van der Waals surface area contributed by atoms with Crippen molar-refractivity contribution in [2.75, 3.05) is 12.4 Å². The number of nitrogens with zero attached hydrogens (tertiary/aromatic N) is 1. The number of fused-ring (bicyclic) bond motifs is 1. The Bertz CT molecular complexity index is 806. The summed E-state index contributed by atoms with van der Waals surface area (Å²) >= 11 is 0. The number of hydrogen-bond donors (Lipinski definition) is 1. The second-order valence-corrected chi connectivity index (χ2v) is 5.14. The molecule has 0 saturated heterocycles. The number of ether oxygens (including phenoxy) is 1. The number of rotatable bonds is 3. The maximum absolute atomic E-state index is 5.75. The maximum atomic E-state index is 5.75. The lowest BCUT2D eigenvalue weighted by Crippen LogP contribution is -1.99. The molecule has 0 aliphatic carbocycles. The molecule has 3 aromatic rings. The maximum Gasteiger partial charge on any atom is 0.176 e. The van der Waals surface area contributed by atoms with Crippen LogP contribution in [0.25, 0.3) is 11.1 Å². The van der Waals surface area contributed by atoms with Crippen molar-refractivity contribution in [3.05, 3.63) is 47.3 Å². The number of aromatic nitrogens is 1.